The van der Waals surface area contributed by atoms with Crippen LogP contribution in [0.5, 0.6) is 5.75 Å². The van der Waals surface area contributed by atoms with Crippen molar-refractivity contribution in [1.82, 2.24) is 10.2 Å². The molecule has 0 spiro atoms. The summed E-state index contributed by atoms with van der Waals surface area (Å²) >= 11 is 0. The average molecular weight is 288 g/mol. The molecule has 2 atom stereocenters. The summed E-state index contributed by atoms with van der Waals surface area (Å²) < 4.78 is 5.67. The summed E-state index contributed by atoms with van der Waals surface area (Å²) in [7, 11) is 3.87. The lowest BCUT2D eigenvalue weighted by atomic mass is 9.88. The molecule has 1 N–H and O–H groups in total. The van der Waals surface area contributed by atoms with E-state index in [1.54, 1.807) is 7.11 Å². The number of hydrogen-bond donors (Lipinski definition) is 1. The van der Waals surface area contributed by atoms with Crippen molar-refractivity contribution < 1.29 is 4.74 Å². The van der Waals surface area contributed by atoms with Crippen molar-refractivity contribution in [2.75, 3.05) is 27.2 Å². The zero-order chi connectivity index (χ0) is 14.7. The van der Waals surface area contributed by atoms with Gasteiger partial charge in [0.1, 0.15) is 5.75 Å². The first-order chi connectivity index (χ1) is 10.3. The maximum absolute atomic E-state index is 5.67. The van der Waals surface area contributed by atoms with Gasteiger partial charge in [0.05, 0.1) is 7.11 Å². The van der Waals surface area contributed by atoms with Crippen LogP contribution < -0.4 is 10.1 Å². The Morgan fingerprint density at radius 2 is 2.00 bits per heavy atom. The Morgan fingerprint density at radius 3 is 2.71 bits per heavy atom. The fourth-order valence-electron chi connectivity index (χ4n) is 3.90. The van der Waals surface area contributed by atoms with Crippen LogP contribution in [0.25, 0.3) is 0 Å². The number of para-hydroxylation sites is 1. The summed E-state index contributed by atoms with van der Waals surface area (Å²) in [4.78, 5) is 2.77. The van der Waals surface area contributed by atoms with E-state index in [0.717, 1.165) is 18.3 Å². The topological polar surface area (TPSA) is 24.5 Å². The van der Waals surface area contributed by atoms with Gasteiger partial charge in [-0.05, 0) is 57.8 Å². The maximum atomic E-state index is 5.67. The molecule has 1 saturated heterocycles. The Balaban J connectivity index is 1.96. The second-order valence-corrected chi connectivity index (χ2v) is 6.47. The lowest BCUT2D eigenvalue weighted by Crippen LogP contribution is -2.38. The highest BCUT2D eigenvalue weighted by Crippen LogP contribution is 2.44. The SMILES string of the molecule is CNCC1CCCCN(C2CC2)C1c1ccccc1OC. The molecule has 3 rings (SSSR count). The van der Waals surface area contributed by atoms with E-state index < -0.39 is 0 Å². The van der Waals surface area contributed by atoms with Crippen LogP contribution in [0.15, 0.2) is 24.3 Å². The highest BCUT2D eigenvalue weighted by atomic mass is 16.5. The zero-order valence-corrected chi connectivity index (χ0v) is 13.3. The molecular formula is C18H28N2O. The van der Waals surface area contributed by atoms with Gasteiger partial charge in [-0.25, -0.2) is 0 Å². The highest BCUT2D eigenvalue weighted by Gasteiger charge is 2.39. The average Bonchev–Trinajstić information content (AvgIpc) is 3.34. The molecular weight excluding hydrogens is 260 g/mol. The van der Waals surface area contributed by atoms with Crippen LogP contribution in [0.1, 0.15) is 43.7 Å². The van der Waals surface area contributed by atoms with Crippen molar-refractivity contribution >= 4 is 0 Å². The Labute approximate surface area is 128 Å². The molecule has 1 heterocycles. The first-order valence-corrected chi connectivity index (χ1v) is 8.38. The molecule has 0 bridgehead atoms. The van der Waals surface area contributed by atoms with E-state index in [4.69, 9.17) is 4.74 Å². The summed E-state index contributed by atoms with van der Waals surface area (Å²) in [6, 6.07) is 9.92. The van der Waals surface area contributed by atoms with E-state index >= 15 is 0 Å². The van der Waals surface area contributed by atoms with Crippen molar-refractivity contribution in [2.24, 2.45) is 5.92 Å². The summed E-state index contributed by atoms with van der Waals surface area (Å²) in [5, 5.41) is 3.41. The van der Waals surface area contributed by atoms with Crippen LogP contribution in [-0.4, -0.2) is 38.2 Å². The molecule has 3 nitrogen and oxygen atoms in total. The molecule has 1 aromatic rings. The van der Waals surface area contributed by atoms with Gasteiger partial charge in [-0.1, -0.05) is 24.6 Å². The molecule has 0 amide bonds. The number of methoxy groups -OCH3 is 1. The maximum Gasteiger partial charge on any atom is 0.123 e. The number of hydrogen-bond acceptors (Lipinski definition) is 3. The molecule has 2 unspecified atom stereocenters. The lowest BCUT2D eigenvalue weighted by molar-refractivity contribution is 0.142. The van der Waals surface area contributed by atoms with Crippen molar-refractivity contribution in [1.29, 1.82) is 0 Å². The van der Waals surface area contributed by atoms with Gasteiger partial charge in [0.25, 0.3) is 0 Å². The van der Waals surface area contributed by atoms with E-state index in [-0.39, 0.29) is 0 Å². The van der Waals surface area contributed by atoms with Gasteiger partial charge in [0.15, 0.2) is 0 Å². The highest BCUT2D eigenvalue weighted by molar-refractivity contribution is 5.37. The Bertz CT molecular complexity index is 458. The molecule has 1 aromatic carbocycles. The Morgan fingerprint density at radius 1 is 1.19 bits per heavy atom. The Kier molecular flexibility index (Phi) is 4.81. The fourth-order valence-corrected chi connectivity index (χ4v) is 3.90. The van der Waals surface area contributed by atoms with Crippen molar-refractivity contribution in [3.8, 4) is 5.75 Å². The van der Waals surface area contributed by atoms with Gasteiger partial charge in [0, 0.05) is 17.6 Å². The molecule has 0 radical (unpaired) electrons. The van der Waals surface area contributed by atoms with Crippen molar-refractivity contribution in [2.45, 2.75) is 44.2 Å². The van der Waals surface area contributed by atoms with Gasteiger partial charge in [-0.2, -0.15) is 0 Å². The third kappa shape index (κ3) is 3.24. The second kappa shape index (κ2) is 6.80. The van der Waals surface area contributed by atoms with Crippen LogP contribution in [-0.2, 0) is 0 Å². The van der Waals surface area contributed by atoms with Crippen LogP contribution in [0.3, 0.4) is 0 Å². The first-order valence-electron chi connectivity index (χ1n) is 8.38. The molecule has 0 aromatic heterocycles. The van der Waals surface area contributed by atoms with E-state index in [2.05, 4.69) is 41.5 Å². The monoisotopic (exact) mass is 288 g/mol. The van der Waals surface area contributed by atoms with Crippen LogP contribution in [0.2, 0.25) is 0 Å². The van der Waals surface area contributed by atoms with Crippen molar-refractivity contribution in [3.63, 3.8) is 0 Å². The van der Waals surface area contributed by atoms with Crippen LogP contribution >= 0.6 is 0 Å². The molecule has 1 aliphatic heterocycles. The summed E-state index contributed by atoms with van der Waals surface area (Å²) in [6.07, 6.45) is 6.74. The summed E-state index contributed by atoms with van der Waals surface area (Å²) in [6.45, 7) is 2.33. The smallest absolute Gasteiger partial charge is 0.123 e. The largest absolute Gasteiger partial charge is 0.496 e. The van der Waals surface area contributed by atoms with Crippen molar-refractivity contribution in [3.05, 3.63) is 29.8 Å². The number of ether oxygens (including phenoxy) is 1. The van der Waals surface area contributed by atoms with E-state index in [1.165, 1.54) is 44.2 Å². The fraction of sp³-hybridized carbons (Fsp3) is 0.667. The standard InChI is InChI=1S/C18H28N2O/c1-19-13-14-7-5-6-12-20(15-10-11-15)18(14)16-8-3-4-9-17(16)21-2/h3-4,8-9,14-15,18-19H,5-7,10-13H2,1-2H3. The van der Waals surface area contributed by atoms with Gasteiger partial charge in [-0.15, -0.1) is 0 Å². The molecule has 2 aliphatic rings. The van der Waals surface area contributed by atoms with Gasteiger partial charge >= 0.3 is 0 Å². The third-order valence-electron chi connectivity index (χ3n) is 4.98. The molecule has 21 heavy (non-hydrogen) atoms. The minimum Gasteiger partial charge on any atom is -0.496 e. The number of nitrogens with zero attached hydrogens (tertiary/aromatic N) is 1. The predicted octanol–water partition coefficient (Wildman–Crippen LogP) is 3.22. The predicted molar refractivity (Wildman–Crippen MR) is 86.7 cm³/mol. The molecule has 1 aliphatic carbocycles. The number of rotatable bonds is 5. The molecule has 116 valence electrons. The molecule has 1 saturated carbocycles. The summed E-state index contributed by atoms with van der Waals surface area (Å²) in [5.41, 5.74) is 1.38. The number of benzene rings is 1. The first kappa shape index (κ1) is 14.9. The minimum absolute atomic E-state index is 0.503. The van der Waals surface area contributed by atoms with Gasteiger partial charge < -0.3 is 10.1 Å². The normalized spacial score (nSPS) is 27.3. The lowest BCUT2D eigenvalue weighted by Gasteiger charge is -2.36. The van der Waals surface area contributed by atoms with E-state index in [1.807, 2.05) is 0 Å². The number of nitrogens with one attached hydrogen (secondary N) is 1. The Hall–Kier alpha value is -1.06. The minimum atomic E-state index is 0.503. The van der Waals surface area contributed by atoms with Crippen LogP contribution in [0, 0.1) is 5.92 Å². The second-order valence-electron chi connectivity index (χ2n) is 6.47. The van der Waals surface area contributed by atoms with E-state index in [0.29, 0.717) is 12.0 Å². The van der Waals surface area contributed by atoms with Gasteiger partial charge in [-0.3, -0.25) is 4.90 Å². The van der Waals surface area contributed by atoms with E-state index in [9.17, 15) is 0 Å². The summed E-state index contributed by atoms with van der Waals surface area (Å²) in [5.74, 6) is 1.73. The number of likely N-dealkylation sites (tertiary alicyclic amines) is 1. The molecule has 2 fully saturated rings. The third-order valence-corrected chi connectivity index (χ3v) is 4.98. The zero-order valence-electron chi connectivity index (χ0n) is 13.3. The molecule has 3 heteroatoms. The van der Waals surface area contributed by atoms with Gasteiger partial charge in [0.2, 0.25) is 0 Å². The van der Waals surface area contributed by atoms with Crippen LogP contribution in [0.4, 0.5) is 0 Å². The quantitative estimate of drug-likeness (QED) is 0.900.